The Morgan fingerprint density at radius 2 is 2.41 bits per heavy atom. The van der Waals surface area contributed by atoms with Gasteiger partial charge in [-0.3, -0.25) is 9.69 Å². The SMILES string of the molecule is CC(c1cccs1)N(C)C1(CC(=O)O)CNC1. The maximum Gasteiger partial charge on any atom is 0.305 e. The molecule has 2 N–H and O–H groups in total. The highest BCUT2D eigenvalue weighted by Gasteiger charge is 2.44. The van der Waals surface area contributed by atoms with Crippen LogP contribution in [-0.4, -0.2) is 41.7 Å². The summed E-state index contributed by atoms with van der Waals surface area (Å²) in [6, 6.07) is 4.40. The fraction of sp³-hybridized carbons (Fsp3) is 0.583. The fourth-order valence-corrected chi connectivity index (χ4v) is 3.15. The van der Waals surface area contributed by atoms with Gasteiger partial charge in [0.2, 0.25) is 0 Å². The van der Waals surface area contributed by atoms with Crippen LogP contribution in [0.1, 0.15) is 24.3 Å². The Balaban J connectivity index is 2.12. The van der Waals surface area contributed by atoms with E-state index in [-0.39, 0.29) is 18.0 Å². The molecule has 2 heterocycles. The van der Waals surface area contributed by atoms with E-state index >= 15 is 0 Å². The van der Waals surface area contributed by atoms with Gasteiger partial charge in [-0.15, -0.1) is 11.3 Å². The average Bonchev–Trinajstić information content (AvgIpc) is 2.74. The summed E-state index contributed by atoms with van der Waals surface area (Å²) in [7, 11) is 2.02. The predicted molar refractivity (Wildman–Crippen MR) is 68.4 cm³/mol. The third kappa shape index (κ3) is 2.36. The molecule has 0 aromatic carbocycles. The van der Waals surface area contributed by atoms with E-state index in [1.54, 1.807) is 11.3 Å². The van der Waals surface area contributed by atoms with Crippen molar-refractivity contribution in [2.75, 3.05) is 20.1 Å². The molecule has 1 aromatic rings. The minimum atomic E-state index is -0.725. The first-order chi connectivity index (χ1) is 8.05. The molecule has 17 heavy (non-hydrogen) atoms. The largest absolute Gasteiger partial charge is 0.481 e. The number of rotatable bonds is 5. The van der Waals surface area contributed by atoms with Gasteiger partial charge in [0.15, 0.2) is 0 Å². The van der Waals surface area contributed by atoms with Crippen molar-refractivity contribution in [3.8, 4) is 0 Å². The van der Waals surface area contributed by atoms with Crippen LogP contribution in [0.25, 0.3) is 0 Å². The molecule has 1 aromatic heterocycles. The van der Waals surface area contributed by atoms with Crippen molar-refractivity contribution in [3.05, 3.63) is 22.4 Å². The van der Waals surface area contributed by atoms with Crippen molar-refractivity contribution >= 4 is 17.3 Å². The number of thiophene rings is 1. The lowest BCUT2D eigenvalue weighted by Crippen LogP contribution is -2.68. The molecule has 0 bridgehead atoms. The average molecular weight is 254 g/mol. The molecule has 0 aliphatic carbocycles. The van der Waals surface area contributed by atoms with Gasteiger partial charge in [-0.05, 0) is 25.4 Å². The van der Waals surface area contributed by atoms with Crippen molar-refractivity contribution in [1.29, 1.82) is 0 Å². The fourth-order valence-electron chi connectivity index (χ4n) is 2.32. The Morgan fingerprint density at radius 1 is 1.71 bits per heavy atom. The third-order valence-corrected chi connectivity index (χ3v) is 4.72. The molecular formula is C12H18N2O2S. The quantitative estimate of drug-likeness (QED) is 0.837. The minimum Gasteiger partial charge on any atom is -0.481 e. The van der Waals surface area contributed by atoms with Crippen molar-refractivity contribution in [2.24, 2.45) is 0 Å². The van der Waals surface area contributed by atoms with Gasteiger partial charge in [0.1, 0.15) is 0 Å². The lowest BCUT2D eigenvalue weighted by Gasteiger charge is -2.50. The van der Waals surface area contributed by atoms with E-state index in [1.165, 1.54) is 4.88 Å². The zero-order valence-corrected chi connectivity index (χ0v) is 11.0. The molecule has 1 atom stereocenters. The second-order valence-corrected chi connectivity index (χ2v) is 5.68. The second kappa shape index (κ2) is 4.76. The Morgan fingerprint density at radius 3 is 2.82 bits per heavy atom. The third-order valence-electron chi connectivity index (χ3n) is 3.67. The summed E-state index contributed by atoms with van der Waals surface area (Å²) < 4.78 is 0. The van der Waals surface area contributed by atoms with Crippen LogP contribution in [0, 0.1) is 0 Å². The number of hydrogen-bond donors (Lipinski definition) is 2. The molecule has 0 spiro atoms. The smallest absolute Gasteiger partial charge is 0.305 e. The lowest BCUT2D eigenvalue weighted by atomic mass is 9.85. The van der Waals surface area contributed by atoms with Crippen LogP contribution in [0.3, 0.4) is 0 Å². The highest BCUT2D eigenvalue weighted by molar-refractivity contribution is 7.10. The Labute approximate surface area is 105 Å². The van der Waals surface area contributed by atoms with E-state index in [2.05, 4.69) is 28.6 Å². The van der Waals surface area contributed by atoms with E-state index in [1.807, 2.05) is 13.1 Å². The van der Waals surface area contributed by atoms with Gasteiger partial charge in [0.05, 0.1) is 12.0 Å². The number of carboxylic acid groups (broad SMARTS) is 1. The number of nitrogens with zero attached hydrogens (tertiary/aromatic N) is 1. The monoisotopic (exact) mass is 254 g/mol. The van der Waals surface area contributed by atoms with Gasteiger partial charge < -0.3 is 10.4 Å². The first kappa shape index (κ1) is 12.5. The number of carboxylic acids is 1. The van der Waals surface area contributed by atoms with Crippen LogP contribution in [0.5, 0.6) is 0 Å². The Kier molecular flexibility index (Phi) is 3.51. The maximum atomic E-state index is 11.0. The molecule has 4 nitrogen and oxygen atoms in total. The molecule has 1 saturated heterocycles. The normalized spacial score (nSPS) is 19.9. The van der Waals surface area contributed by atoms with Crippen molar-refractivity contribution in [3.63, 3.8) is 0 Å². The zero-order valence-electron chi connectivity index (χ0n) is 10.1. The molecule has 5 heteroatoms. The standard InChI is InChI=1S/C12H18N2O2S/c1-9(10-4-3-5-17-10)14(2)12(6-11(15)16)7-13-8-12/h3-5,9,13H,6-8H2,1-2H3,(H,15,16). The first-order valence-electron chi connectivity index (χ1n) is 5.74. The van der Waals surface area contributed by atoms with E-state index in [9.17, 15) is 4.79 Å². The number of aliphatic carboxylic acids is 1. The number of hydrogen-bond acceptors (Lipinski definition) is 4. The van der Waals surface area contributed by atoms with Crippen molar-refractivity contribution in [1.82, 2.24) is 10.2 Å². The maximum absolute atomic E-state index is 11.0. The lowest BCUT2D eigenvalue weighted by molar-refractivity contribution is -0.142. The number of nitrogens with one attached hydrogen (secondary N) is 1. The second-order valence-electron chi connectivity index (χ2n) is 4.70. The van der Waals surface area contributed by atoms with E-state index < -0.39 is 5.97 Å². The van der Waals surface area contributed by atoms with Gasteiger partial charge in [-0.25, -0.2) is 0 Å². The minimum absolute atomic E-state index is 0.201. The van der Waals surface area contributed by atoms with E-state index in [4.69, 9.17) is 5.11 Å². The molecular weight excluding hydrogens is 236 g/mol. The molecule has 1 aliphatic heterocycles. The zero-order chi connectivity index (χ0) is 12.5. The first-order valence-corrected chi connectivity index (χ1v) is 6.62. The number of likely N-dealkylation sites (N-methyl/N-ethyl adjacent to an activating group) is 1. The van der Waals surface area contributed by atoms with Crippen molar-refractivity contribution < 1.29 is 9.90 Å². The molecule has 94 valence electrons. The predicted octanol–water partition coefficient (Wildman–Crippen LogP) is 1.56. The van der Waals surface area contributed by atoms with Gasteiger partial charge in [0.25, 0.3) is 0 Å². The summed E-state index contributed by atoms with van der Waals surface area (Å²) in [5.74, 6) is -0.725. The molecule has 1 fully saturated rings. The molecule has 0 radical (unpaired) electrons. The van der Waals surface area contributed by atoms with Crippen LogP contribution in [0.4, 0.5) is 0 Å². The Bertz CT molecular complexity index is 387. The molecule has 1 aliphatic rings. The summed E-state index contributed by atoms with van der Waals surface area (Å²) in [6.45, 7) is 3.64. The van der Waals surface area contributed by atoms with Crippen molar-refractivity contribution in [2.45, 2.75) is 24.9 Å². The molecule has 1 unspecified atom stereocenters. The van der Waals surface area contributed by atoms with Crippen LogP contribution in [0.2, 0.25) is 0 Å². The van der Waals surface area contributed by atoms with Crippen LogP contribution >= 0.6 is 11.3 Å². The van der Waals surface area contributed by atoms with E-state index in [0.717, 1.165) is 13.1 Å². The summed E-state index contributed by atoms with van der Waals surface area (Å²) in [5.41, 5.74) is -0.227. The molecule has 0 amide bonds. The Hall–Kier alpha value is -0.910. The van der Waals surface area contributed by atoms with Crippen LogP contribution < -0.4 is 5.32 Å². The van der Waals surface area contributed by atoms with E-state index in [0.29, 0.717) is 0 Å². The van der Waals surface area contributed by atoms with Crippen LogP contribution in [-0.2, 0) is 4.79 Å². The summed E-state index contributed by atoms with van der Waals surface area (Å²) in [4.78, 5) is 14.4. The van der Waals surface area contributed by atoms with Gasteiger partial charge >= 0.3 is 5.97 Å². The summed E-state index contributed by atoms with van der Waals surface area (Å²) in [6.07, 6.45) is 0.201. The van der Waals surface area contributed by atoms with Gasteiger partial charge in [-0.1, -0.05) is 6.07 Å². The van der Waals surface area contributed by atoms with Gasteiger partial charge in [0, 0.05) is 24.0 Å². The topological polar surface area (TPSA) is 52.6 Å². The molecule has 2 rings (SSSR count). The van der Waals surface area contributed by atoms with Crippen LogP contribution in [0.15, 0.2) is 17.5 Å². The number of carbonyl (C=O) groups is 1. The highest BCUT2D eigenvalue weighted by Crippen LogP contribution is 2.33. The molecule has 0 saturated carbocycles. The van der Waals surface area contributed by atoms with Gasteiger partial charge in [-0.2, -0.15) is 0 Å². The summed E-state index contributed by atoms with van der Waals surface area (Å²) >= 11 is 1.72. The highest BCUT2D eigenvalue weighted by atomic mass is 32.1. The summed E-state index contributed by atoms with van der Waals surface area (Å²) in [5, 5.41) is 14.3.